The van der Waals surface area contributed by atoms with Gasteiger partial charge in [-0.1, -0.05) is 23.7 Å². The number of nitrogens with zero attached hydrogens (tertiary/aromatic N) is 4. The van der Waals surface area contributed by atoms with Crippen LogP contribution in [0.4, 0.5) is 5.82 Å². The quantitative estimate of drug-likeness (QED) is 0.515. The molecule has 0 N–H and O–H groups in total. The third-order valence-electron chi connectivity index (χ3n) is 4.98. The Bertz CT molecular complexity index is 1060. The van der Waals surface area contributed by atoms with Gasteiger partial charge in [0.15, 0.2) is 0 Å². The highest BCUT2D eigenvalue weighted by Gasteiger charge is 2.21. The molecule has 1 saturated heterocycles. The topological polar surface area (TPSA) is 58.6 Å². The van der Waals surface area contributed by atoms with E-state index < -0.39 is 0 Å². The van der Waals surface area contributed by atoms with E-state index in [1.54, 1.807) is 23.6 Å². The lowest BCUT2D eigenvalue weighted by atomic mass is 10.2. The largest absolute Gasteiger partial charge is 0.487 e. The van der Waals surface area contributed by atoms with Crippen molar-refractivity contribution in [2.75, 3.05) is 31.1 Å². The Morgan fingerprint density at radius 2 is 1.97 bits per heavy atom. The van der Waals surface area contributed by atoms with E-state index in [1.165, 1.54) is 0 Å². The number of aromatic nitrogens is 2. The van der Waals surface area contributed by atoms with Crippen molar-refractivity contribution in [1.82, 2.24) is 14.9 Å². The minimum absolute atomic E-state index is 0.00555. The molecule has 8 heteroatoms. The second-order valence-electron chi connectivity index (χ2n) is 7.17. The number of carbonyl (C=O) groups excluding carboxylic acids is 1. The van der Waals surface area contributed by atoms with Crippen LogP contribution in [0, 0.1) is 6.92 Å². The van der Waals surface area contributed by atoms with Crippen molar-refractivity contribution in [3.05, 3.63) is 75.3 Å². The van der Waals surface area contributed by atoms with Gasteiger partial charge in [-0.3, -0.25) is 4.79 Å². The van der Waals surface area contributed by atoms with Gasteiger partial charge in [-0.05, 0) is 42.8 Å². The highest BCUT2D eigenvalue weighted by atomic mass is 35.5. The fourth-order valence-corrected chi connectivity index (χ4v) is 4.17. The van der Waals surface area contributed by atoms with Crippen LogP contribution in [0.15, 0.2) is 54.1 Å². The monoisotopic (exact) mass is 454 g/mol. The van der Waals surface area contributed by atoms with Crippen LogP contribution in [0.25, 0.3) is 6.08 Å². The predicted molar refractivity (Wildman–Crippen MR) is 125 cm³/mol. The molecular weight excluding hydrogens is 432 g/mol. The summed E-state index contributed by atoms with van der Waals surface area (Å²) in [6.45, 7) is 5.12. The molecule has 1 amide bonds. The fourth-order valence-electron chi connectivity index (χ4n) is 3.33. The van der Waals surface area contributed by atoms with E-state index in [9.17, 15) is 4.79 Å². The second kappa shape index (κ2) is 9.94. The zero-order chi connectivity index (χ0) is 21.6. The molecule has 160 valence electrons. The molecule has 6 nitrogen and oxygen atoms in total. The van der Waals surface area contributed by atoms with Gasteiger partial charge >= 0.3 is 0 Å². The molecule has 0 aliphatic carbocycles. The highest BCUT2D eigenvalue weighted by Crippen LogP contribution is 2.23. The summed E-state index contributed by atoms with van der Waals surface area (Å²) in [6, 6.07) is 11.3. The number of piperazine rings is 1. The summed E-state index contributed by atoms with van der Waals surface area (Å²) in [5.41, 5.74) is 1.88. The zero-order valence-corrected chi connectivity index (χ0v) is 18.8. The molecule has 1 aromatic carbocycles. The van der Waals surface area contributed by atoms with Crippen molar-refractivity contribution in [3.8, 4) is 5.75 Å². The molecule has 0 unspecified atom stereocenters. The Kier molecular flexibility index (Phi) is 6.84. The summed E-state index contributed by atoms with van der Waals surface area (Å²) in [5, 5.41) is 3.67. The Morgan fingerprint density at radius 3 is 2.65 bits per heavy atom. The number of thiazole rings is 1. The van der Waals surface area contributed by atoms with Crippen molar-refractivity contribution in [2.45, 2.75) is 13.5 Å². The normalized spacial score (nSPS) is 14.3. The van der Waals surface area contributed by atoms with Gasteiger partial charge in [0.25, 0.3) is 0 Å². The first kappa shape index (κ1) is 21.3. The highest BCUT2D eigenvalue weighted by molar-refractivity contribution is 7.09. The van der Waals surface area contributed by atoms with Gasteiger partial charge in [-0.2, -0.15) is 0 Å². The van der Waals surface area contributed by atoms with Crippen LogP contribution in [0.5, 0.6) is 5.75 Å². The minimum atomic E-state index is 0.00555. The van der Waals surface area contributed by atoms with Crippen LogP contribution in [0.1, 0.15) is 16.3 Å². The van der Waals surface area contributed by atoms with E-state index in [2.05, 4.69) is 14.9 Å². The smallest absolute Gasteiger partial charge is 0.246 e. The second-order valence-corrected chi connectivity index (χ2v) is 8.64. The first-order chi connectivity index (χ1) is 15.1. The molecule has 0 radical (unpaired) electrons. The first-order valence-electron chi connectivity index (χ1n) is 10.0. The van der Waals surface area contributed by atoms with Crippen LogP contribution >= 0.6 is 22.9 Å². The lowest BCUT2D eigenvalue weighted by Gasteiger charge is -2.35. The summed E-state index contributed by atoms with van der Waals surface area (Å²) in [4.78, 5) is 25.3. The third kappa shape index (κ3) is 5.62. The van der Waals surface area contributed by atoms with Crippen LogP contribution in [0.3, 0.4) is 0 Å². The molecule has 0 saturated carbocycles. The van der Waals surface area contributed by atoms with Gasteiger partial charge in [0.05, 0.1) is 15.7 Å². The molecule has 0 spiro atoms. The molecular formula is C23H23ClN4O2S. The van der Waals surface area contributed by atoms with Gasteiger partial charge in [0.2, 0.25) is 5.91 Å². The molecule has 4 rings (SSSR count). The van der Waals surface area contributed by atoms with Crippen LogP contribution in [0.2, 0.25) is 5.02 Å². The van der Waals surface area contributed by atoms with Crippen molar-refractivity contribution >= 4 is 40.7 Å². The van der Waals surface area contributed by atoms with E-state index in [4.69, 9.17) is 16.3 Å². The number of aryl methyl sites for hydroxylation is 1. The van der Waals surface area contributed by atoms with Crippen molar-refractivity contribution in [1.29, 1.82) is 0 Å². The fraction of sp³-hybridized carbons (Fsp3) is 0.261. The molecule has 2 aromatic heterocycles. The van der Waals surface area contributed by atoms with Gasteiger partial charge < -0.3 is 14.5 Å². The van der Waals surface area contributed by atoms with Gasteiger partial charge in [-0.15, -0.1) is 11.3 Å². The summed E-state index contributed by atoms with van der Waals surface area (Å²) < 4.78 is 5.76. The number of pyridine rings is 1. The molecule has 0 atom stereocenters. The summed E-state index contributed by atoms with van der Waals surface area (Å²) in [7, 11) is 0. The lowest BCUT2D eigenvalue weighted by molar-refractivity contribution is -0.126. The maximum atomic E-state index is 12.6. The molecule has 31 heavy (non-hydrogen) atoms. The van der Waals surface area contributed by atoms with E-state index in [0.29, 0.717) is 37.8 Å². The molecule has 1 fully saturated rings. The Labute approximate surface area is 190 Å². The number of carbonyl (C=O) groups is 1. The standard InChI is InChI=1S/C23H23ClN4O2S/c1-17-26-19(16-31-17)15-30-20-7-4-18(5-8-20)6-9-22(29)27-11-13-28(14-12-27)23-21(24)3-2-10-25-23/h2-10,16H,11-15H2,1H3/b9-6+. The Hall–Kier alpha value is -2.90. The number of hydrogen-bond acceptors (Lipinski definition) is 6. The number of rotatable bonds is 6. The predicted octanol–water partition coefficient (Wildman–Crippen LogP) is 4.44. The van der Waals surface area contributed by atoms with Gasteiger partial charge in [0, 0.05) is 43.8 Å². The summed E-state index contributed by atoms with van der Waals surface area (Å²) >= 11 is 7.84. The summed E-state index contributed by atoms with van der Waals surface area (Å²) in [5.74, 6) is 1.56. The van der Waals surface area contributed by atoms with Crippen LogP contribution < -0.4 is 9.64 Å². The number of hydrogen-bond donors (Lipinski definition) is 0. The average molecular weight is 455 g/mol. The van der Waals surface area contributed by atoms with Crippen LogP contribution in [-0.2, 0) is 11.4 Å². The number of ether oxygens (including phenoxy) is 1. The van der Waals surface area contributed by atoms with E-state index in [0.717, 1.165) is 27.8 Å². The molecule has 3 aromatic rings. The number of amides is 1. The average Bonchev–Trinajstić information content (AvgIpc) is 3.22. The van der Waals surface area contributed by atoms with Crippen LogP contribution in [-0.4, -0.2) is 47.0 Å². The Balaban J connectivity index is 1.26. The van der Waals surface area contributed by atoms with Crippen molar-refractivity contribution < 1.29 is 9.53 Å². The number of benzene rings is 1. The van der Waals surface area contributed by atoms with E-state index >= 15 is 0 Å². The zero-order valence-electron chi connectivity index (χ0n) is 17.2. The molecule has 1 aliphatic heterocycles. The van der Waals surface area contributed by atoms with Gasteiger partial charge in [-0.25, -0.2) is 9.97 Å². The first-order valence-corrected chi connectivity index (χ1v) is 11.3. The lowest BCUT2D eigenvalue weighted by Crippen LogP contribution is -2.48. The van der Waals surface area contributed by atoms with Gasteiger partial charge in [0.1, 0.15) is 18.2 Å². The maximum Gasteiger partial charge on any atom is 0.246 e. The SMILES string of the molecule is Cc1nc(COc2ccc(/C=C/C(=O)N3CCN(c4ncccc4Cl)CC3)cc2)cs1. The maximum absolute atomic E-state index is 12.6. The number of halogens is 1. The molecule has 0 bridgehead atoms. The molecule has 1 aliphatic rings. The van der Waals surface area contributed by atoms with Crippen molar-refractivity contribution in [2.24, 2.45) is 0 Å². The number of anilines is 1. The van der Waals surface area contributed by atoms with Crippen molar-refractivity contribution in [3.63, 3.8) is 0 Å². The Morgan fingerprint density at radius 1 is 1.19 bits per heavy atom. The third-order valence-corrected chi connectivity index (χ3v) is 6.10. The summed E-state index contributed by atoms with van der Waals surface area (Å²) in [6.07, 6.45) is 5.19. The minimum Gasteiger partial charge on any atom is -0.487 e. The van der Waals surface area contributed by atoms with E-state index in [-0.39, 0.29) is 5.91 Å². The molecule has 3 heterocycles. The van der Waals surface area contributed by atoms with E-state index in [1.807, 2.05) is 59.7 Å².